The quantitative estimate of drug-likeness (QED) is 0.147. The largest absolute Gasteiger partial charge is 0.309 e. The van der Waals surface area contributed by atoms with E-state index in [0.29, 0.717) is 0 Å². The standard InChI is InChI=1S/C66H42N2/c1-5-17-43(18-6-1)47-29-35-51(36-30-47)67-60-40-34-50(46-23-11-4-12-24-46)42-58(60)64-62-54-26-14-13-25-53(54)61-57-41-49(45-21-9-3-10-22-45)33-39-59(57)68(52-37-31-48(32-38-52)44-19-7-2-8-20-44)66(61)63(62)55-27-15-16-28-56(55)65(64)67/h1-42H. The van der Waals surface area contributed by atoms with Gasteiger partial charge in [-0.25, -0.2) is 0 Å². The molecule has 0 aliphatic heterocycles. The van der Waals surface area contributed by atoms with Crippen molar-refractivity contribution in [3.63, 3.8) is 0 Å². The lowest BCUT2D eigenvalue weighted by atomic mass is 9.89. The Hall–Kier alpha value is -8.98. The van der Waals surface area contributed by atoms with Gasteiger partial charge in [-0.1, -0.05) is 206 Å². The van der Waals surface area contributed by atoms with Gasteiger partial charge < -0.3 is 9.13 Å². The first-order valence-electron chi connectivity index (χ1n) is 23.5. The maximum atomic E-state index is 2.55. The summed E-state index contributed by atoms with van der Waals surface area (Å²) >= 11 is 0. The molecular weight excluding hydrogens is 821 g/mol. The molecule has 14 rings (SSSR count). The fourth-order valence-electron chi connectivity index (χ4n) is 11.2. The van der Waals surface area contributed by atoms with E-state index in [9.17, 15) is 0 Å². The van der Waals surface area contributed by atoms with Crippen molar-refractivity contribution in [1.29, 1.82) is 0 Å². The summed E-state index contributed by atoms with van der Waals surface area (Å²) in [4.78, 5) is 0. The zero-order valence-electron chi connectivity index (χ0n) is 37.1. The summed E-state index contributed by atoms with van der Waals surface area (Å²) in [5, 5.41) is 12.5. The smallest absolute Gasteiger partial charge is 0.0632 e. The van der Waals surface area contributed by atoms with E-state index in [2.05, 4.69) is 264 Å². The van der Waals surface area contributed by atoms with E-state index in [4.69, 9.17) is 0 Å². The van der Waals surface area contributed by atoms with Gasteiger partial charge in [0.25, 0.3) is 0 Å². The summed E-state index contributed by atoms with van der Waals surface area (Å²) in [6, 6.07) is 93.8. The topological polar surface area (TPSA) is 9.86 Å². The first-order chi connectivity index (χ1) is 33.8. The van der Waals surface area contributed by atoms with Crippen LogP contribution in [-0.4, -0.2) is 9.13 Å². The molecule has 2 heteroatoms. The lowest BCUT2D eigenvalue weighted by Gasteiger charge is -2.17. The van der Waals surface area contributed by atoms with Crippen LogP contribution >= 0.6 is 0 Å². The summed E-state index contributed by atoms with van der Waals surface area (Å²) < 4.78 is 5.08. The summed E-state index contributed by atoms with van der Waals surface area (Å²) in [5.41, 5.74) is 16.7. The van der Waals surface area contributed by atoms with Crippen LogP contribution in [0.3, 0.4) is 0 Å². The molecule has 0 atom stereocenters. The zero-order chi connectivity index (χ0) is 44.7. The Morgan fingerprint density at radius 1 is 0.191 bits per heavy atom. The average Bonchev–Trinajstić information content (AvgIpc) is 3.95. The Balaban J connectivity index is 1.18. The Morgan fingerprint density at radius 2 is 0.500 bits per heavy atom. The SMILES string of the molecule is c1ccc(-c2ccc(-n3c4ccc(-c5ccccc5)cc4c4c5c6ccccc6c6c7cc(-c8ccccc8)ccc7n(-c7ccc(-c8ccccc8)cc7)c6c5c5ccccc5c43)cc2)cc1. The van der Waals surface area contributed by atoms with Crippen LogP contribution in [0.5, 0.6) is 0 Å². The van der Waals surface area contributed by atoms with Gasteiger partial charge in [-0.2, -0.15) is 0 Å². The lowest BCUT2D eigenvalue weighted by Crippen LogP contribution is -1.97. The van der Waals surface area contributed by atoms with E-state index in [1.165, 1.54) is 120 Å². The molecule has 68 heavy (non-hydrogen) atoms. The van der Waals surface area contributed by atoms with Gasteiger partial charge in [0.15, 0.2) is 0 Å². The van der Waals surface area contributed by atoms with Crippen molar-refractivity contribution in [2.45, 2.75) is 0 Å². The molecule has 0 radical (unpaired) electrons. The first-order valence-corrected chi connectivity index (χ1v) is 23.5. The van der Waals surface area contributed by atoms with Crippen LogP contribution in [0.25, 0.3) is 132 Å². The van der Waals surface area contributed by atoms with Crippen molar-refractivity contribution in [3.8, 4) is 55.9 Å². The maximum Gasteiger partial charge on any atom is 0.0632 e. The number of benzene rings is 12. The third-order valence-corrected chi connectivity index (χ3v) is 14.3. The molecule has 0 unspecified atom stereocenters. The van der Waals surface area contributed by atoms with E-state index in [0.717, 1.165) is 11.4 Å². The van der Waals surface area contributed by atoms with Crippen molar-refractivity contribution in [2.24, 2.45) is 0 Å². The molecule has 0 N–H and O–H groups in total. The molecule has 2 heterocycles. The van der Waals surface area contributed by atoms with Gasteiger partial charge in [-0.15, -0.1) is 0 Å². The maximum absolute atomic E-state index is 2.55. The lowest BCUT2D eigenvalue weighted by molar-refractivity contribution is 1.19. The van der Waals surface area contributed by atoms with Crippen molar-refractivity contribution in [1.82, 2.24) is 9.13 Å². The van der Waals surface area contributed by atoms with Crippen molar-refractivity contribution in [2.75, 3.05) is 0 Å². The van der Waals surface area contributed by atoms with E-state index < -0.39 is 0 Å². The molecule has 14 aromatic rings. The van der Waals surface area contributed by atoms with Crippen molar-refractivity contribution in [3.05, 3.63) is 255 Å². The average molecular weight is 863 g/mol. The van der Waals surface area contributed by atoms with Crippen LogP contribution in [0, 0.1) is 0 Å². The number of hydrogen-bond acceptors (Lipinski definition) is 0. The molecule has 0 saturated carbocycles. The van der Waals surface area contributed by atoms with Gasteiger partial charge >= 0.3 is 0 Å². The van der Waals surface area contributed by atoms with Gasteiger partial charge in [0.05, 0.1) is 22.1 Å². The van der Waals surface area contributed by atoms with Crippen molar-refractivity contribution >= 4 is 75.9 Å². The van der Waals surface area contributed by atoms with Crippen LogP contribution < -0.4 is 0 Å². The summed E-state index contributed by atoms with van der Waals surface area (Å²) in [7, 11) is 0. The molecule has 0 bridgehead atoms. The molecule has 12 aromatic carbocycles. The van der Waals surface area contributed by atoms with Crippen LogP contribution in [0.1, 0.15) is 0 Å². The Kier molecular flexibility index (Phi) is 8.62. The first kappa shape index (κ1) is 38.3. The molecular formula is C66H42N2. The Bertz CT molecular complexity index is 4240. The highest BCUT2D eigenvalue weighted by Crippen LogP contribution is 2.51. The molecule has 0 aliphatic carbocycles. The van der Waals surface area contributed by atoms with Gasteiger partial charge in [-0.05, 0) is 109 Å². The minimum atomic E-state index is 1.13. The number of fused-ring (bicyclic) bond motifs is 15. The molecule has 2 aromatic heterocycles. The Labute approximate surface area is 393 Å². The van der Waals surface area contributed by atoms with Crippen molar-refractivity contribution < 1.29 is 0 Å². The number of rotatable bonds is 6. The Morgan fingerprint density at radius 3 is 0.956 bits per heavy atom. The number of aromatic nitrogens is 2. The second kappa shape index (κ2) is 15.3. The molecule has 0 saturated heterocycles. The molecule has 0 spiro atoms. The highest BCUT2D eigenvalue weighted by atomic mass is 15.0. The molecule has 2 nitrogen and oxygen atoms in total. The minimum Gasteiger partial charge on any atom is -0.309 e. The molecule has 0 amide bonds. The minimum absolute atomic E-state index is 1.13. The van der Waals surface area contributed by atoms with Crippen LogP contribution in [0.4, 0.5) is 0 Å². The summed E-state index contributed by atoms with van der Waals surface area (Å²) in [6.07, 6.45) is 0. The van der Waals surface area contributed by atoms with Gasteiger partial charge in [0.2, 0.25) is 0 Å². The third-order valence-electron chi connectivity index (χ3n) is 14.3. The van der Waals surface area contributed by atoms with E-state index in [1.54, 1.807) is 0 Å². The molecule has 316 valence electrons. The predicted octanol–water partition coefficient (Wildman–Crippen LogP) is 18.0. The summed E-state index contributed by atoms with van der Waals surface area (Å²) in [5.74, 6) is 0. The fourth-order valence-corrected chi connectivity index (χ4v) is 11.2. The zero-order valence-corrected chi connectivity index (χ0v) is 37.1. The van der Waals surface area contributed by atoms with Gasteiger partial charge in [0, 0.05) is 49.1 Å². The fraction of sp³-hybridized carbons (Fsp3) is 0. The van der Waals surface area contributed by atoms with E-state index in [-0.39, 0.29) is 0 Å². The third kappa shape index (κ3) is 5.84. The van der Waals surface area contributed by atoms with Crippen LogP contribution in [-0.2, 0) is 0 Å². The van der Waals surface area contributed by atoms with Gasteiger partial charge in [-0.3, -0.25) is 0 Å². The second-order valence-corrected chi connectivity index (χ2v) is 18.0. The van der Waals surface area contributed by atoms with Crippen LogP contribution in [0.2, 0.25) is 0 Å². The number of nitrogens with zero attached hydrogens (tertiary/aromatic N) is 2. The number of hydrogen-bond donors (Lipinski definition) is 0. The molecule has 0 fully saturated rings. The van der Waals surface area contributed by atoms with E-state index >= 15 is 0 Å². The van der Waals surface area contributed by atoms with E-state index in [1.807, 2.05) is 0 Å². The highest BCUT2D eigenvalue weighted by Gasteiger charge is 2.26. The summed E-state index contributed by atoms with van der Waals surface area (Å²) in [6.45, 7) is 0. The van der Waals surface area contributed by atoms with Gasteiger partial charge in [0.1, 0.15) is 0 Å². The molecule has 0 aliphatic rings. The monoisotopic (exact) mass is 862 g/mol. The second-order valence-electron chi connectivity index (χ2n) is 18.0. The normalized spacial score (nSPS) is 11.8. The predicted molar refractivity (Wildman–Crippen MR) is 289 cm³/mol. The highest BCUT2D eigenvalue weighted by molar-refractivity contribution is 6.45. The van der Waals surface area contributed by atoms with Crippen LogP contribution in [0.15, 0.2) is 255 Å².